The maximum Gasteiger partial charge on any atom is 0.333 e. The van der Waals surface area contributed by atoms with Gasteiger partial charge < -0.3 is 9.84 Å². The van der Waals surface area contributed by atoms with Gasteiger partial charge in [0.25, 0.3) is 0 Å². The summed E-state index contributed by atoms with van der Waals surface area (Å²) in [5.74, 6) is -0.460. The normalized spacial score (nSPS) is 10.8. The lowest BCUT2D eigenvalue weighted by atomic mass is 10.2. The van der Waals surface area contributed by atoms with E-state index in [1.165, 1.54) is 10.9 Å². The van der Waals surface area contributed by atoms with Crippen molar-refractivity contribution >= 4 is 28.6 Å². The number of aromatic hydroxyl groups is 1. The van der Waals surface area contributed by atoms with Gasteiger partial charge in [-0.25, -0.2) is 4.79 Å². The summed E-state index contributed by atoms with van der Waals surface area (Å²) < 4.78 is 5.11. The van der Waals surface area contributed by atoms with Crippen molar-refractivity contribution in [3.8, 4) is 11.4 Å². The molecular formula is C17H14ClN3O3. The number of carbonyl (C=O) groups excluding carboxylic acids is 1. The second-order valence-corrected chi connectivity index (χ2v) is 5.74. The summed E-state index contributed by atoms with van der Waals surface area (Å²) >= 11 is 5.94. The van der Waals surface area contributed by atoms with Crippen LogP contribution in [0.4, 0.5) is 0 Å². The molecule has 6 nitrogen and oxygen atoms in total. The summed E-state index contributed by atoms with van der Waals surface area (Å²) in [5.41, 5.74) is 2.66. The average molecular weight is 344 g/mol. The van der Waals surface area contributed by atoms with Crippen molar-refractivity contribution in [2.75, 3.05) is 0 Å². The summed E-state index contributed by atoms with van der Waals surface area (Å²) in [5, 5.41) is 19.3. The highest BCUT2D eigenvalue weighted by Crippen LogP contribution is 2.24. The van der Waals surface area contributed by atoms with Crippen molar-refractivity contribution in [1.29, 1.82) is 0 Å². The fraction of sp³-hybridized carbons (Fsp3) is 0.118. The number of hydrogen-bond donors (Lipinski definition) is 1. The Labute approximate surface area is 142 Å². The number of ether oxygens (including phenoxy) is 1. The molecule has 0 aliphatic heterocycles. The number of phenolic OH excluding ortho intramolecular Hbond substituents is 1. The van der Waals surface area contributed by atoms with Crippen LogP contribution in [0.2, 0.25) is 5.02 Å². The van der Waals surface area contributed by atoms with E-state index in [-0.39, 0.29) is 12.4 Å². The van der Waals surface area contributed by atoms with Crippen LogP contribution in [0.3, 0.4) is 0 Å². The highest BCUT2D eigenvalue weighted by Gasteiger charge is 2.11. The Balaban J connectivity index is 1.92. The van der Waals surface area contributed by atoms with Gasteiger partial charge in [0.05, 0.1) is 0 Å². The summed E-state index contributed by atoms with van der Waals surface area (Å²) in [4.78, 5) is 12.8. The number of hydrogen-bond acceptors (Lipinski definition) is 5. The molecule has 3 aromatic rings. The lowest BCUT2D eigenvalue weighted by Crippen LogP contribution is -2.06. The second kappa shape index (κ2) is 6.33. The second-order valence-electron chi connectivity index (χ2n) is 5.30. The van der Waals surface area contributed by atoms with E-state index in [4.69, 9.17) is 16.3 Å². The third-order valence-corrected chi connectivity index (χ3v) is 3.55. The average Bonchev–Trinajstić information content (AvgIpc) is 2.96. The molecule has 122 valence electrons. The smallest absolute Gasteiger partial charge is 0.333 e. The van der Waals surface area contributed by atoms with Crippen molar-refractivity contribution in [1.82, 2.24) is 15.0 Å². The highest BCUT2D eigenvalue weighted by molar-refractivity contribution is 6.31. The molecule has 0 amide bonds. The monoisotopic (exact) mass is 343 g/mol. The first-order valence-electron chi connectivity index (χ1n) is 7.11. The molecule has 0 saturated carbocycles. The molecule has 0 radical (unpaired) electrons. The van der Waals surface area contributed by atoms with E-state index in [0.717, 1.165) is 0 Å². The highest BCUT2D eigenvalue weighted by atomic mass is 35.5. The number of esters is 1. The quantitative estimate of drug-likeness (QED) is 0.580. The fourth-order valence-corrected chi connectivity index (χ4v) is 2.25. The minimum atomic E-state index is -0.470. The molecule has 1 heterocycles. The Hall–Kier alpha value is -2.86. The maximum atomic E-state index is 11.5. The fourth-order valence-electron chi connectivity index (χ4n) is 2.09. The zero-order chi connectivity index (χ0) is 17.3. The molecule has 3 rings (SSSR count). The third-order valence-electron chi connectivity index (χ3n) is 3.32. The van der Waals surface area contributed by atoms with E-state index in [1.807, 2.05) is 0 Å². The SMILES string of the molecule is C=C(C)C(=O)OCc1ccc(O)c(-n2nc3ccc(Cl)cc3n2)c1. The molecule has 0 unspecified atom stereocenters. The Bertz CT molecular complexity index is 949. The third kappa shape index (κ3) is 3.23. The number of nitrogens with zero attached hydrogens (tertiary/aromatic N) is 3. The minimum Gasteiger partial charge on any atom is -0.506 e. The van der Waals surface area contributed by atoms with Gasteiger partial charge in [0.2, 0.25) is 0 Å². The van der Waals surface area contributed by atoms with Gasteiger partial charge in [-0.05, 0) is 42.8 Å². The molecule has 0 aliphatic carbocycles. The van der Waals surface area contributed by atoms with Crippen LogP contribution in [-0.4, -0.2) is 26.1 Å². The van der Waals surface area contributed by atoms with Gasteiger partial charge in [-0.1, -0.05) is 24.2 Å². The van der Waals surface area contributed by atoms with E-state index >= 15 is 0 Å². The molecule has 2 aromatic carbocycles. The molecular weight excluding hydrogens is 330 g/mol. The van der Waals surface area contributed by atoms with Gasteiger partial charge in [-0.3, -0.25) is 0 Å². The van der Waals surface area contributed by atoms with E-state index < -0.39 is 5.97 Å². The van der Waals surface area contributed by atoms with Crippen LogP contribution >= 0.6 is 11.6 Å². The van der Waals surface area contributed by atoms with Gasteiger partial charge >= 0.3 is 5.97 Å². The Morgan fingerprint density at radius 1 is 1.25 bits per heavy atom. The standard InChI is InChI=1S/C17H14ClN3O3/c1-10(2)17(23)24-9-11-3-6-16(22)15(7-11)21-19-13-5-4-12(18)8-14(13)20-21/h3-8,22H,1,9H2,2H3. The van der Waals surface area contributed by atoms with Crippen molar-refractivity contribution in [2.45, 2.75) is 13.5 Å². The Kier molecular flexibility index (Phi) is 4.22. The molecule has 0 atom stereocenters. The van der Waals surface area contributed by atoms with Gasteiger partial charge in [0.1, 0.15) is 29.1 Å². The number of phenols is 1. The van der Waals surface area contributed by atoms with Crippen molar-refractivity contribution in [3.05, 3.63) is 59.1 Å². The van der Waals surface area contributed by atoms with Crippen molar-refractivity contribution < 1.29 is 14.6 Å². The topological polar surface area (TPSA) is 77.2 Å². The van der Waals surface area contributed by atoms with E-state index in [9.17, 15) is 9.90 Å². The zero-order valence-electron chi connectivity index (χ0n) is 12.9. The number of carbonyl (C=O) groups is 1. The first kappa shape index (κ1) is 16.0. The van der Waals surface area contributed by atoms with Crippen LogP contribution in [0, 0.1) is 0 Å². The van der Waals surface area contributed by atoms with Crippen LogP contribution in [0.15, 0.2) is 48.6 Å². The molecule has 0 fully saturated rings. The maximum absolute atomic E-state index is 11.5. The number of halogens is 1. The Morgan fingerprint density at radius 2 is 2.00 bits per heavy atom. The van der Waals surface area contributed by atoms with Gasteiger partial charge in [-0.15, -0.1) is 15.0 Å². The lowest BCUT2D eigenvalue weighted by Gasteiger charge is -2.08. The molecule has 0 bridgehead atoms. The lowest BCUT2D eigenvalue weighted by molar-refractivity contribution is -0.140. The van der Waals surface area contributed by atoms with Gasteiger partial charge in [0.15, 0.2) is 0 Å². The molecule has 7 heteroatoms. The number of rotatable bonds is 4. The van der Waals surface area contributed by atoms with Crippen molar-refractivity contribution in [3.63, 3.8) is 0 Å². The van der Waals surface area contributed by atoms with Crippen LogP contribution < -0.4 is 0 Å². The van der Waals surface area contributed by atoms with E-state index in [2.05, 4.69) is 16.8 Å². The molecule has 0 spiro atoms. The van der Waals surface area contributed by atoms with Gasteiger partial charge in [-0.2, -0.15) is 0 Å². The molecule has 0 aliphatic rings. The van der Waals surface area contributed by atoms with Crippen LogP contribution in [0.1, 0.15) is 12.5 Å². The summed E-state index contributed by atoms with van der Waals surface area (Å²) in [6, 6.07) is 9.97. The van der Waals surface area contributed by atoms with Crippen LogP contribution in [0.25, 0.3) is 16.7 Å². The summed E-state index contributed by atoms with van der Waals surface area (Å²) in [7, 11) is 0. The first-order valence-corrected chi connectivity index (χ1v) is 7.49. The Morgan fingerprint density at radius 3 is 2.75 bits per heavy atom. The summed E-state index contributed by atoms with van der Waals surface area (Å²) in [6.45, 7) is 5.17. The predicted octanol–water partition coefficient (Wildman–Crippen LogP) is 3.40. The van der Waals surface area contributed by atoms with Crippen LogP contribution in [0.5, 0.6) is 5.75 Å². The molecule has 1 aromatic heterocycles. The molecule has 24 heavy (non-hydrogen) atoms. The van der Waals surface area contributed by atoms with Gasteiger partial charge in [0, 0.05) is 10.6 Å². The van der Waals surface area contributed by atoms with E-state index in [1.54, 1.807) is 37.3 Å². The minimum absolute atomic E-state index is 0.0105. The van der Waals surface area contributed by atoms with E-state index in [0.29, 0.717) is 32.9 Å². The molecule has 0 saturated heterocycles. The first-order chi connectivity index (χ1) is 11.4. The largest absolute Gasteiger partial charge is 0.506 e. The number of benzene rings is 2. The van der Waals surface area contributed by atoms with Crippen molar-refractivity contribution in [2.24, 2.45) is 0 Å². The number of aromatic nitrogens is 3. The zero-order valence-corrected chi connectivity index (χ0v) is 13.6. The molecule has 1 N–H and O–H groups in total. The predicted molar refractivity (Wildman–Crippen MR) is 90.1 cm³/mol. The van der Waals surface area contributed by atoms with Crippen LogP contribution in [-0.2, 0) is 16.1 Å². The number of fused-ring (bicyclic) bond motifs is 1. The summed E-state index contributed by atoms with van der Waals surface area (Å²) in [6.07, 6.45) is 0.